The number of likely N-dealkylation sites (N-methyl/N-ethyl adjacent to an activating group) is 1. The number of hydrogen-bond acceptors (Lipinski definition) is 5. The fraction of sp³-hybridized carbons (Fsp3) is 0.333. The first-order valence-corrected chi connectivity index (χ1v) is 9.05. The smallest absolute Gasteiger partial charge is 0.238 e. The molecule has 0 spiro atoms. The lowest BCUT2D eigenvalue weighted by atomic mass is 10.1. The summed E-state index contributed by atoms with van der Waals surface area (Å²) in [7, 11) is 1.87. The summed E-state index contributed by atoms with van der Waals surface area (Å²) in [6.45, 7) is 4.08. The van der Waals surface area contributed by atoms with E-state index in [2.05, 4.69) is 16.3 Å². The largest absolute Gasteiger partial charge is 0.378 e. The molecule has 1 fully saturated rings. The second-order valence-electron chi connectivity index (χ2n) is 6.64. The molecule has 6 nitrogen and oxygen atoms in total. The lowest BCUT2D eigenvalue weighted by Crippen LogP contribution is -2.36. The summed E-state index contributed by atoms with van der Waals surface area (Å²) in [6.07, 6.45) is 0. The predicted molar refractivity (Wildman–Crippen MR) is 106 cm³/mol. The molecule has 2 aromatic rings. The van der Waals surface area contributed by atoms with Crippen molar-refractivity contribution >= 4 is 17.3 Å². The maximum Gasteiger partial charge on any atom is 0.238 e. The van der Waals surface area contributed by atoms with Crippen LogP contribution in [0.4, 0.5) is 11.4 Å². The Bertz CT molecular complexity index is 808. The quantitative estimate of drug-likeness (QED) is 0.853. The van der Waals surface area contributed by atoms with Crippen LogP contribution in [0.3, 0.4) is 0 Å². The van der Waals surface area contributed by atoms with Crippen LogP contribution in [0, 0.1) is 11.3 Å². The molecule has 3 rings (SSSR count). The summed E-state index contributed by atoms with van der Waals surface area (Å²) in [4.78, 5) is 16.5. The highest BCUT2D eigenvalue weighted by Crippen LogP contribution is 2.19. The van der Waals surface area contributed by atoms with E-state index in [-0.39, 0.29) is 12.5 Å². The summed E-state index contributed by atoms with van der Waals surface area (Å²) >= 11 is 0. The summed E-state index contributed by atoms with van der Waals surface area (Å²) in [6, 6.07) is 17.5. The first kappa shape index (κ1) is 18.9. The van der Waals surface area contributed by atoms with Crippen LogP contribution in [0.2, 0.25) is 0 Å². The molecule has 0 aliphatic carbocycles. The van der Waals surface area contributed by atoms with Crippen molar-refractivity contribution in [2.45, 2.75) is 6.54 Å². The summed E-state index contributed by atoms with van der Waals surface area (Å²) in [5, 5.41) is 12.1. The Morgan fingerprint density at radius 1 is 1.19 bits per heavy atom. The Kier molecular flexibility index (Phi) is 6.42. The van der Waals surface area contributed by atoms with Gasteiger partial charge in [-0.05, 0) is 42.9 Å². The zero-order chi connectivity index (χ0) is 19.1. The van der Waals surface area contributed by atoms with E-state index in [1.54, 1.807) is 6.07 Å². The molecular formula is C21H24N4O2. The van der Waals surface area contributed by atoms with Gasteiger partial charge in [0.1, 0.15) is 0 Å². The third kappa shape index (κ3) is 5.30. The van der Waals surface area contributed by atoms with Gasteiger partial charge in [-0.25, -0.2) is 0 Å². The van der Waals surface area contributed by atoms with Gasteiger partial charge in [-0.3, -0.25) is 9.69 Å². The van der Waals surface area contributed by atoms with Crippen molar-refractivity contribution in [3.63, 3.8) is 0 Å². The number of anilines is 2. The molecule has 1 aliphatic rings. The fourth-order valence-electron chi connectivity index (χ4n) is 3.14. The molecule has 140 valence electrons. The molecular weight excluding hydrogens is 340 g/mol. The van der Waals surface area contributed by atoms with Gasteiger partial charge in [0.05, 0.1) is 31.4 Å². The van der Waals surface area contributed by atoms with Gasteiger partial charge in [-0.2, -0.15) is 5.26 Å². The molecule has 0 aromatic heterocycles. The van der Waals surface area contributed by atoms with Crippen molar-refractivity contribution in [1.82, 2.24) is 4.90 Å². The average molecular weight is 364 g/mol. The lowest BCUT2D eigenvalue weighted by Gasteiger charge is -2.28. The molecule has 1 amide bonds. The number of nitrogens with one attached hydrogen (secondary N) is 1. The number of benzene rings is 2. The molecule has 1 heterocycles. The van der Waals surface area contributed by atoms with Crippen molar-refractivity contribution in [2.24, 2.45) is 0 Å². The number of rotatable bonds is 6. The van der Waals surface area contributed by atoms with Gasteiger partial charge in [0.15, 0.2) is 0 Å². The minimum atomic E-state index is -0.0777. The van der Waals surface area contributed by atoms with E-state index in [0.717, 1.165) is 43.2 Å². The summed E-state index contributed by atoms with van der Waals surface area (Å²) in [5.74, 6) is -0.0777. The van der Waals surface area contributed by atoms with E-state index in [4.69, 9.17) is 10.00 Å². The molecule has 27 heavy (non-hydrogen) atoms. The third-order valence-electron chi connectivity index (χ3n) is 4.52. The van der Waals surface area contributed by atoms with Crippen LogP contribution in [-0.2, 0) is 16.1 Å². The monoisotopic (exact) mass is 364 g/mol. The van der Waals surface area contributed by atoms with E-state index < -0.39 is 0 Å². The molecule has 1 N–H and O–H groups in total. The molecule has 0 unspecified atom stereocenters. The van der Waals surface area contributed by atoms with Crippen molar-refractivity contribution < 1.29 is 9.53 Å². The number of carbonyl (C=O) groups excluding carboxylic acids is 1. The molecule has 0 saturated carbocycles. The van der Waals surface area contributed by atoms with E-state index in [0.29, 0.717) is 12.1 Å². The standard InChI is InChI=1S/C21H24N4O2/c1-24(15-18-5-3-2-4-17(18)14-22)16-21(26)23-19-6-8-20(9-7-19)25-10-12-27-13-11-25/h2-9H,10-13,15-16H2,1H3,(H,23,26). The number of nitriles is 1. The highest BCUT2D eigenvalue weighted by atomic mass is 16.5. The number of carbonyl (C=O) groups is 1. The van der Waals surface area contributed by atoms with Crippen LogP contribution < -0.4 is 10.2 Å². The molecule has 0 bridgehead atoms. The lowest BCUT2D eigenvalue weighted by molar-refractivity contribution is -0.117. The first-order valence-electron chi connectivity index (χ1n) is 9.05. The Morgan fingerprint density at radius 3 is 2.59 bits per heavy atom. The van der Waals surface area contributed by atoms with Crippen molar-refractivity contribution in [3.8, 4) is 6.07 Å². The highest BCUT2D eigenvalue weighted by Gasteiger charge is 2.12. The topological polar surface area (TPSA) is 68.6 Å². The average Bonchev–Trinajstić information content (AvgIpc) is 2.69. The second kappa shape index (κ2) is 9.17. The fourth-order valence-corrected chi connectivity index (χ4v) is 3.14. The molecule has 6 heteroatoms. The van der Waals surface area contributed by atoms with E-state index in [1.807, 2.05) is 54.4 Å². The van der Waals surface area contributed by atoms with E-state index >= 15 is 0 Å². The maximum absolute atomic E-state index is 12.3. The molecule has 2 aromatic carbocycles. The van der Waals surface area contributed by atoms with Crippen LogP contribution in [0.5, 0.6) is 0 Å². The Balaban J connectivity index is 1.52. The van der Waals surface area contributed by atoms with Crippen molar-refractivity contribution in [2.75, 3.05) is 50.1 Å². The van der Waals surface area contributed by atoms with Gasteiger partial charge in [0, 0.05) is 31.0 Å². The van der Waals surface area contributed by atoms with Crippen molar-refractivity contribution in [3.05, 3.63) is 59.7 Å². The number of hydrogen-bond donors (Lipinski definition) is 1. The Hall–Kier alpha value is -2.88. The van der Waals surface area contributed by atoms with Gasteiger partial charge in [0.25, 0.3) is 0 Å². The maximum atomic E-state index is 12.3. The number of morpholine rings is 1. The minimum Gasteiger partial charge on any atom is -0.378 e. The summed E-state index contributed by atoms with van der Waals surface area (Å²) in [5.41, 5.74) is 3.48. The summed E-state index contributed by atoms with van der Waals surface area (Å²) < 4.78 is 5.37. The van der Waals surface area contributed by atoms with E-state index in [1.165, 1.54) is 0 Å². The van der Waals surface area contributed by atoms with Crippen LogP contribution in [0.1, 0.15) is 11.1 Å². The van der Waals surface area contributed by atoms with Gasteiger partial charge in [-0.15, -0.1) is 0 Å². The van der Waals surface area contributed by atoms with Gasteiger partial charge >= 0.3 is 0 Å². The third-order valence-corrected chi connectivity index (χ3v) is 4.52. The van der Waals surface area contributed by atoms with Gasteiger partial charge in [0.2, 0.25) is 5.91 Å². The predicted octanol–water partition coefficient (Wildman–Crippen LogP) is 2.47. The molecule has 0 atom stereocenters. The molecule has 0 radical (unpaired) electrons. The number of ether oxygens (including phenoxy) is 1. The SMILES string of the molecule is CN(CC(=O)Nc1ccc(N2CCOCC2)cc1)Cc1ccccc1C#N. The van der Waals surface area contributed by atoms with Crippen LogP contribution in [0.15, 0.2) is 48.5 Å². The van der Waals surface area contributed by atoms with Gasteiger partial charge < -0.3 is 15.0 Å². The van der Waals surface area contributed by atoms with Crippen LogP contribution in [0.25, 0.3) is 0 Å². The molecule has 1 aliphatic heterocycles. The normalized spacial score (nSPS) is 14.0. The first-order chi connectivity index (χ1) is 13.2. The zero-order valence-electron chi connectivity index (χ0n) is 15.5. The zero-order valence-corrected chi connectivity index (χ0v) is 15.5. The van der Waals surface area contributed by atoms with Crippen LogP contribution >= 0.6 is 0 Å². The minimum absolute atomic E-state index is 0.0777. The van der Waals surface area contributed by atoms with E-state index in [9.17, 15) is 4.79 Å². The number of nitrogens with zero attached hydrogens (tertiary/aromatic N) is 3. The number of amides is 1. The highest BCUT2D eigenvalue weighted by molar-refractivity contribution is 5.92. The second-order valence-corrected chi connectivity index (χ2v) is 6.64. The molecule has 1 saturated heterocycles. The van der Waals surface area contributed by atoms with Crippen molar-refractivity contribution in [1.29, 1.82) is 5.26 Å². The van der Waals surface area contributed by atoms with Gasteiger partial charge in [-0.1, -0.05) is 18.2 Å². The Labute approximate surface area is 160 Å². The van der Waals surface area contributed by atoms with Crippen LogP contribution in [-0.4, -0.2) is 50.7 Å². The Morgan fingerprint density at radius 2 is 1.89 bits per heavy atom.